The fourth-order valence-electron chi connectivity index (χ4n) is 4.11. The second-order valence-electron chi connectivity index (χ2n) is 9.14. The van der Waals surface area contributed by atoms with Crippen LogP contribution < -0.4 is 9.62 Å². The highest BCUT2D eigenvalue weighted by atomic mass is 32.2. The Balaban J connectivity index is 2.07. The SMILES string of the molecule is CC[C@H](C(=O)NC)N(Cc1ccccc1)C(=O)CN(c1ccc(C)c(C)c1)S(=O)(=O)c1ccc(C)cc1. The maximum absolute atomic E-state index is 13.9. The Labute approximate surface area is 220 Å². The molecule has 0 unspecified atom stereocenters. The lowest BCUT2D eigenvalue weighted by molar-refractivity contribution is -0.140. The lowest BCUT2D eigenvalue weighted by Crippen LogP contribution is -2.51. The molecule has 1 atom stereocenters. The van der Waals surface area contributed by atoms with Crippen LogP contribution in [0.4, 0.5) is 5.69 Å². The predicted octanol–water partition coefficient (Wildman–Crippen LogP) is 4.36. The second kappa shape index (κ2) is 12.1. The number of carbonyl (C=O) groups is 2. The number of sulfonamides is 1. The maximum Gasteiger partial charge on any atom is 0.264 e. The average molecular weight is 522 g/mol. The van der Waals surface area contributed by atoms with E-state index in [4.69, 9.17) is 0 Å². The largest absolute Gasteiger partial charge is 0.357 e. The minimum Gasteiger partial charge on any atom is -0.357 e. The van der Waals surface area contributed by atoms with Crippen molar-refractivity contribution in [2.24, 2.45) is 0 Å². The number of nitrogens with zero attached hydrogens (tertiary/aromatic N) is 2. The molecule has 0 aliphatic heterocycles. The molecule has 2 amide bonds. The fraction of sp³-hybridized carbons (Fsp3) is 0.310. The summed E-state index contributed by atoms with van der Waals surface area (Å²) in [7, 11) is -2.55. The molecule has 3 aromatic carbocycles. The van der Waals surface area contributed by atoms with Crippen LogP contribution in [0.25, 0.3) is 0 Å². The van der Waals surface area contributed by atoms with E-state index < -0.39 is 28.5 Å². The van der Waals surface area contributed by atoms with E-state index in [1.54, 1.807) is 36.4 Å². The molecule has 0 bridgehead atoms. The van der Waals surface area contributed by atoms with Crippen molar-refractivity contribution in [2.45, 2.75) is 51.6 Å². The van der Waals surface area contributed by atoms with Crippen molar-refractivity contribution in [1.29, 1.82) is 0 Å². The Morgan fingerprint density at radius 2 is 1.54 bits per heavy atom. The van der Waals surface area contributed by atoms with E-state index in [-0.39, 0.29) is 17.3 Å². The van der Waals surface area contributed by atoms with Gasteiger partial charge >= 0.3 is 0 Å². The van der Waals surface area contributed by atoms with E-state index in [9.17, 15) is 18.0 Å². The average Bonchev–Trinajstić information content (AvgIpc) is 2.89. The normalized spacial score (nSPS) is 12.0. The van der Waals surface area contributed by atoms with Gasteiger partial charge in [-0.1, -0.05) is 61.0 Å². The summed E-state index contributed by atoms with van der Waals surface area (Å²) >= 11 is 0. The summed E-state index contributed by atoms with van der Waals surface area (Å²) in [6, 6.07) is 20.5. The molecule has 37 heavy (non-hydrogen) atoms. The third kappa shape index (κ3) is 6.57. The van der Waals surface area contributed by atoms with E-state index in [1.807, 2.05) is 64.1 Å². The Morgan fingerprint density at radius 3 is 2.11 bits per heavy atom. The van der Waals surface area contributed by atoms with Gasteiger partial charge in [0.1, 0.15) is 12.6 Å². The minimum absolute atomic E-state index is 0.0945. The number of hydrogen-bond donors (Lipinski definition) is 1. The van der Waals surface area contributed by atoms with E-state index in [2.05, 4.69) is 5.32 Å². The Morgan fingerprint density at radius 1 is 0.892 bits per heavy atom. The third-order valence-electron chi connectivity index (χ3n) is 6.49. The maximum atomic E-state index is 13.9. The number of anilines is 1. The summed E-state index contributed by atoms with van der Waals surface area (Å²) in [6.07, 6.45) is 0.382. The van der Waals surface area contributed by atoms with Crippen molar-refractivity contribution < 1.29 is 18.0 Å². The Hall–Kier alpha value is -3.65. The molecule has 7 nitrogen and oxygen atoms in total. The molecule has 1 N–H and O–H groups in total. The lowest BCUT2D eigenvalue weighted by Gasteiger charge is -2.33. The van der Waals surface area contributed by atoms with Gasteiger partial charge in [0.2, 0.25) is 11.8 Å². The molecule has 0 fully saturated rings. The van der Waals surface area contributed by atoms with Gasteiger partial charge in [-0.25, -0.2) is 8.42 Å². The van der Waals surface area contributed by atoms with Crippen LogP contribution in [0.5, 0.6) is 0 Å². The molecule has 0 aromatic heterocycles. The standard InChI is InChI=1S/C29H35N3O4S/c1-6-27(29(34)30-5)31(19-24-10-8-7-9-11-24)28(33)20-32(25-15-14-22(3)23(4)18-25)37(35,36)26-16-12-21(2)13-17-26/h7-18,27H,6,19-20H2,1-5H3,(H,30,34)/t27-/m1/s1. The molecular weight excluding hydrogens is 486 g/mol. The molecule has 0 radical (unpaired) electrons. The van der Waals surface area contributed by atoms with Crippen LogP contribution in [0.15, 0.2) is 77.7 Å². The molecule has 0 saturated heterocycles. The van der Waals surface area contributed by atoms with Crippen LogP contribution in [0.3, 0.4) is 0 Å². The summed E-state index contributed by atoms with van der Waals surface area (Å²) < 4.78 is 28.9. The molecular formula is C29H35N3O4S. The quantitative estimate of drug-likeness (QED) is 0.430. The zero-order valence-corrected chi connectivity index (χ0v) is 22.9. The number of rotatable bonds is 10. The molecule has 0 aliphatic rings. The van der Waals surface area contributed by atoms with Crippen LogP contribution in [0.2, 0.25) is 0 Å². The number of likely N-dealkylation sites (N-methyl/N-ethyl adjacent to an activating group) is 1. The molecule has 0 aliphatic carbocycles. The van der Waals surface area contributed by atoms with Gasteiger partial charge in [-0.2, -0.15) is 0 Å². The monoisotopic (exact) mass is 521 g/mol. The number of nitrogens with one attached hydrogen (secondary N) is 1. The van der Waals surface area contributed by atoms with Crippen molar-refractivity contribution in [3.05, 3.63) is 95.1 Å². The third-order valence-corrected chi connectivity index (χ3v) is 8.28. The summed E-state index contributed by atoms with van der Waals surface area (Å²) in [4.78, 5) is 28.2. The van der Waals surface area contributed by atoms with Crippen LogP contribution in [-0.2, 0) is 26.2 Å². The molecule has 0 spiro atoms. The van der Waals surface area contributed by atoms with Gasteiger partial charge in [0.15, 0.2) is 0 Å². The van der Waals surface area contributed by atoms with E-state index >= 15 is 0 Å². The van der Waals surface area contributed by atoms with Crippen molar-refractivity contribution in [2.75, 3.05) is 17.9 Å². The van der Waals surface area contributed by atoms with Crippen molar-refractivity contribution >= 4 is 27.5 Å². The van der Waals surface area contributed by atoms with Gasteiger partial charge in [0, 0.05) is 13.6 Å². The highest BCUT2D eigenvalue weighted by Crippen LogP contribution is 2.27. The summed E-state index contributed by atoms with van der Waals surface area (Å²) in [6.45, 7) is 7.29. The zero-order valence-electron chi connectivity index (χ0n) is 22.1. The summed E-state index contributed by atoms with van der Waals surface area (Å²) in [5.41, 5.74) is 4.09. The summed E-state index contributed by atoms with van der Waals surface area (Å²) in [5, 5.41) is 2.63. The first kappa shape index (κ1) is 27.9. The Bertz CT molecular complexity index is 1340. The van der Waals surface area contributed by atoms with Gasteiger partial charge in [-0.05, 0) is 68.1 Å². The summed E-state index contributed by atoms with van der Waals surface area (Å²) in [5.74, 6) is -0.765. The molecule has 3 rings (SSSR count). The van der Waals surface area contributed by atoms with Gasteiger partial charge in [0.25, 0.3) is 10.0 Å². The molecule has 8 heteroatoms. The number of aryl methyl sites for hydroxylation is 3. The van der Waals surface area contributed by atoms with Crippen molar-refractivity contribution in [3.63, 3.8) is 0 Å². The van der Waals surface area contributed by atoms with E-state index in [0.29, 0.717) is 12.1 Å². The first-order chi connectivity index (χ1) is 17.6. The highest BCUT2D eigenvalue weighted by molar-refractivity contribution is 7.92. The fourth-order valence-corrected chi connectivity index (χ4v) is 5.52. The smallest absolute Gasteiger partial charge is 0.264 e. The topological polar surface area (TPSA) is 86.8 Å². The van der Waals surface area contributed by atoms with Gasteiger partial charge in [-0.15, -0.1) is 0 Å². The molecule has 0 saturated carbocycles. The molecule has 196 valence electrons. The number of carbonyl (C=O) groups excluding carboxylic acids is 2. The number of hydrogen-bond acceptors (Lipinski definition) is 4. The van der Waals surface area contributed by atoms with Gasteiger partial charge in [-0.3, -0.25) is 13.9 Å². The predicted molar refractivity (Wildman–Crippen MR) is 147 cm³/mol. The van der Waals surface area contributed by atoms with E-state index in [1.165, 1.54) is 11.9 Å². The van der Waals surface area contributed by atoms with Crippen LogP contribution >= 0.6 is 0 Å². The highest BCUT2D eigenvalue weighted by Gasteiger charge is 2.33. The van der Waals surface area contributed by atoms with Crippen molar-refractivity contribution in [3.8, 4) is 0 Å². The van der Waals surface area contributed by atoms with Crippen LogP contribution in [-0.4, -0.2) is 44.8 Å². The van der Waals surface area contributed by atoms with Gasteiger partial charge in [0.05, 0.1) is 10.6 Å². The van der Waals surface area contributed by atoms with Crippen LogP contribution in [0, 0.1) is 20.8 Å². The number of amides is 2. The van der Waals surface area contributed by atoms with E-state index in [0.717, 1.165) is 26.6 Å². The van der Waals surface area contributed by atoms with Crippen molar-refractivity contribution in [1.82, 2.24) is 10.2 Å². The first-order valence-corrected chi connectivity index (χ1v) is 13.7. The Kier molecular flexibility index (Phi) is 9.10. The molecule has 0 heterocycles. The minimum atomic E-state index is -4.07. The number of benzene rings is 3. The zero-order chi connectivity index (χ0) is 27.2. The van der Waals surface area contributed by atoms with Gasteiger partial charge < -0.3 is 10.2 Å². The lowest BCUT2D eigenvalue weighted by atomic mass is 10.1. The van der Waals surface area contributed by atoms with Crippen LogP contribution in [0.1, 0.15) is 35.6 Å². The first-order valence-electron chi connectivity index (χ1n) is 12.3. The second-order valence-corrected chi connectivity index (χ2v) is 11.0. The molecule has 3 aromatic rings.